The molecule has 0 aliphatic carbocycles. The topological polar surface area (TPSA) is 61.8 Å². The van der Waals surface area contributed by atoms with Crippen molar-refractivity contribution in [2.24, 2.45) is 5.73 Å². The smallest absolute Gasteiger partial charge is 0.243 e. The number of hydrogen-bond donors (Lipinski definition) is 1. The number of aromatic nitrogens is 2. The van der Waals surface area contributed by atoms with Crippen molar-refractivity contribution in [3.8, 4) is 11.6 Å². The summed E-state index contributed by atoms with van der Waals surface area (Å²) < 4.78 is 12.9. The average molecular weight is 289 g/mol. The summed E-state index contributed by atoms with van der Waals surface area (Å²) in [5.74, 6) is 1.30. The third kappa shape index (κ3) is 2.40. The number of imidazole rings is 1. The fourth-order valence-electron chi connectivity index (χ4n) is 2.06. The molecule has 20 heavy (non-hydrogen) atoms. The SMILES string of the molecule is COCc1cccc(Oc2nc3sccn3c2CN)c1. The Bertz CT molecular complexity index is 720. The van der Waals surface area contributed by atoms with Gasteiger partial charge in [-0.2, -0.15) is 4.98 Å². The summed E-state index contributed by atoms with van der Waals surface area (Å²) in [5, 5.41) is 1.98. The predicted molar refractivity (Wildman–Crippen MR) is 78.2 cm³/mol. The largest absolute Gasteiger partial charge is 0.437 e. The molecule has 2 N–H and O–H groups in total. The van der Waals surface area contributed by atoms with E-state index in [1.165, 1.54) is 0 Å². The molecule has 3 rings (SSSR count). The Kier molecular flexibility index (Phi) is 3.68. The standard InChI is InChI=1S/C14H15N3O2S/c1-18-9-10-3-2-4-11(7-10)19-13-12(8-15)17-5-6-20-14(17)16-13/h2-7H,8-9,15H2,1H3. The van der Waals surface area contributed by atoms with Gasteiger partial charge in [0.15, 0.2) is 4.96 Å². The normalized spacial score (nSPS) is 11.1. The monoisotopic (exact) mass is 289 g/mol. The lowest BCUT2D eigenvalue weighted by atomic mass is 10.2. The third-order valence-electron chi connectivity index (χ3n) is 2.94. The molecule has 5 nitrogen and oxygen atoms in total. The van der Waals surface area contributed by atoms with Gasteiger partial charge in [-0.3, -0.25) is 4.40 Å². The summed E-state index contributed by atoms with van der Waals surface area (Å²) in [5.41, 5.74) is 7.72. The quantitative estimate of drug-likeness (QED) is 0.784. The summed E-state index contributed by atoms with van der Waals surface area (Å²) in [4.78, 5) is 5.35. The molecule has 104 valence electrons. The molecule has 3 aromatic rings. The summed E-state index contributed by atoms with van der Waals surface area (Å²) in [6.07, 6.45) is 1.95. The van der Waals surface area contributed by atoms with E-state index < -0.39 is 0 Å². The molecule has 0 aliphatic heterocycles. The maximum atomic E-state index is 5.87. The molecule has 0 bridgehead atoms. The van der Waals surface area contributed by atoms with Gasteiger partial charge in [0.2, 0.25) is 5.88 Å². The minimum Gasteiger partial charge on any atom is -0.437 e. The Morgan fingerprint density at radius 1 is 1.40 bits per heavy atom. The van der Waals surface area contributed by atoms with Gasteiger partial charge in [0.05, 0.1) is 6.61 Å². The molecule has 0 atom stereocenters. The number of nitrogens with two attached hydrogens (primary N) is 1. The van der Waals surface area contributed by atoms with Crippen molar-refractivity contribution in [3.63, 3.8) is 0 Å². The van der Waals surface area contributed by atoms with Gasteiger partial charge in [-0.25, -0.2) is 0 Å². The average Bonchev–Trinajstić information content (AvgIpc) is 3.00. The minimum atomic E-state index is 0.380. The van der Waals surface area contributed by atoms with E-state index in [4.69, 9.17) is 15.2 Å². The molecule has 0 fully saturated rings. The first-order chi connectivity index (χ1) is 9.81. The van der Waals surface area contributed by atoms with E-state index in [0.29, 0.717) is 19.0 Å². The molecule has 2 heterocycles. The Hall–Kier alpha value is -1.89. The second-order valence-corrected chi connectivity index (χ2v) is 5.18. The van der Waals surface area contributed by atoms with E-state index in [1.807, 2.05) is 40.2 Å². The number of methoxy groups -OCH3 is 1. The van der Waals surface area contributed by atoms with Crippen LogP contribution in [0, 0.1) is 0 Å². The predicted octanol–water partition coefficient (Wildman–Crippen LogP) is 2.79. The molecule has 2 aromatic heterocycles. The van der Waals surface area contributed by atoms with Crippen LogP contribution in [0.25, 0.3) is 4.96 Å². The Labute approximate surface area is 120 Å². The summed E-state index contributed by atoms with van der Waals surface area (Å²) >= 11 is 1.56. The van der Waals surface area contributed by atoms with Gasteiger partial charge in [0.25, 0.3) is 0 Å². The Morgan fingerprint density at radius 2 is 2.30 bits per heavy atom. The molecule has 0 saturated carbocycles. The molecule has 0 aliphatic rings. The van der Waals surface area contributed by atoms with Crippen LogP contribution in [0.2, 0.25) is 0 Å². The maximum Gasteiger partial charge on any atom is 0.243 e. The van der Waals surface area contributed by atoms with Gasteiger partial charge in [-0.1, -0.05) is 12.1 Å². The molecule has 6 heteroatoms. The second-order valence-electron chi connectivity index (χ2n) is 4.31. The maximum absolute atomic E-state index is 5.87. The van der Waals surface area contributed by atoms with Crippen LogP contribution >= 0.6 is 11.3 Å². The second kappa shape index (κ2) is 5.62. The van der Waals surface area contributed by atoms with Gasteiger partial charge >= 0.3 is 0 Å². The lowest BCUT2D eigenvalue weighted by Crippen LogP contribution is -2.01. The van der Waals surface area contributed by atoms with Crippen molar-refractivity contribution in [1.82, 2.24) is 9.38 Å². The highest BCUT2D eigenvalue weighted by Crippen LogP contribution is 2.28. The lowest BCUT2D eigenvalue weighted by Gasteiger charge is -2.06. The molecule has 0 amide bonds. The number of fused-ring (bicyclic) bond motifs is 1. The van der Waals surface area contributed by atoms with Crippen molar-refractivity contribution in [2.45, 2.75) is 13.2 Å². The number of thiazole rings is 1. The van der Waals surface area contributed by atoms with E-state index in [9.17, 15) is 0 Å². The molecule has 0 saturated heterocycles. The first-order valence-corrected chi connectivity index (χ1v) is 7.10. The minimum absolute atomic E-state index is 0.380. The van der Waals surface area contributed by atoms with Crippen molar-refractivity contribution < 1.29 is 9.47 Å². The van der Waals surface area contributed by atoms with E-state index in [0.717, 1.165) is 22.0 Å². The van der Waals surface area contributed by atoms with Crippen LogP contribution in [0.4, 0.5) is 0 Å². The fraction of sp³-hybridized carbons (Fsp3) is 0.214. The van der Waals surface area contributed by atoms with Crippen LogP contribution in [-0.2, 0) is 17.9 Å². The zero-order valence-electron chi connectivity index (χ0n) is 11.1. The summed E-state index contributed by atoms with van der Waals surface area (Å²) in [6, 6.07) is 7.76. The molecule has 0 unspecified atom stereocenters. The number of ether oxygens (including phenoxy) is 2. The molecule has 0 spiro atoms. The number of hydrogen-bond acceptors (Lipinski definition) is 5. The van der Waals surface area contributed by atoms with Gasteiger partial charge in [0.1, 0.15) is 11.4 Å². The number of benzene rings is 1. The third-order valence-corrected chi connectivity index (χ3v) is 3.70. The molecule has 1 aromatic carbocycles. The first-order valence-electron chi connectivity index (χ1n) is 6.22. The van der Waals surface area contributed by atoms with Gasteiger partial charge in [-0.05, 0) is 17.7 Å². The Balaban J connectivity index is 1.92. The van der Waals surface area contributed by atoms with Crippen molar-refractivity contribution in [2.75, 3.05) is 7.11 Å². The van der Waals surface area contributed by atoms with Crippen LogP contribution in [0.1, 0.15) is 11.3 Å². The lowest BCUT2D eigenvalue weighted by molar-refractivity contribution is 0.184. The van der Waals surface area contributed by atoms with E-state index in [2.05, 4.69) is 4.98 Å². The molecular weight excluding hydrogens is 274 g/mol. The Morgan fingerprint density at radius 3 is 3.10 bits per heavy atom. The zero-order chi connectivity index (χ0) is 13.9. The van der Waals surface area contributed by atoms with Gasteiger partial charge < -0.3 is 15.2 Å². The zero-order valence-corrected chi connectivity index (χ0v) is 11.9. The van der Waals surface area contributed by atoms with E-state index in [1.54, 1.807) is 18.4 Å². The van der Waals surface area contributed by atoms with Gasteiger partial charge in [-0.15, -0.1) is 11.3 Å². The van der Waals surface area contributed by atoms with Gasteiger partial charge in [0, 0.05) is 25.2 Å². The van der Waals surface area contributed by atoms with Crippen molar-refractivity contribution in [1.29, 1.82) is 0 Å². The van der Waals surface area contributed by atoms with Crippen molar-refractivity contribution in [3.05, 3.63) is 47.1 Å². The van der Waals surface area contributed by atoms with Crippen LogP contribution in [0.3, 0.4) is 0 Å². The first kappa shape index (κ1) is 13.1. The van der Waals surface area contributed by atoms with Crippen LogP contribution in [0.5, 0.6) is 11.6 Å². The van der Waals surface area contributed by atoms with Crippen molar-refractivity contribution >= 4 is 16.3 Å². The van der Waals surface area contributed by atoms with Crippen LogP contribution in [-0.4, -0.2) is 16.5 Å². The van der Waals surface area contributed by atoms with E-state index in [-0.39, 0.29) is 0 Å². The summed E-state index contributed by atoms with van der Waals surface area (Å²) in [6.45, 7) is 0.935. The van der Waals surface area contributed by atoms with E-state index >= 15 is 0 Å². The molecule has 0 radical (unpaired) electrons. The summed E-state index contributed by atoms with van der Waals surface area (Å²) in [7, 11) is 1.67. The van der Waals surface area contributed by atoms with Crippen LogP contribution < -0.4 is 10.5 Å². The van der Waals surface area contributed by atoms with Crippen LogP contribution in [0.15, 0.2) is 35.8 Å². The fourth-order valence-corrected chi connectivity index (χ4v) is 2.78. The molecular formula is C14H15N3O2S. The number of nitrogens with zero attached hydrogens (tertiary/aromatic N) is 2. The highest BCUT2D eigenvalue weighted by molar-refractivity contribution is 7.15. The highest BCUT2D eigenvalue weighted by Gasteiger charge is 2.13. The number of rotatable bonds is 5. The highest BCUT2D eigenvalue weighted by atomic mass is 32.1.